The van der Waals surface area contributed by atoms with E-state index in [0.29, 0.717) is 13.0 Å². The molecule has 1 saturated heterocycles. The van der Waals surface area contributed by atoms with Gasteiger partial charge >= 0.3 is 12.1 Å². The second-order valence-corrected chi connectivity index (χ2v) is 5.34. The third kappa shape index (κ3) is 3.17. The van der Waals surface area contributed by atoms with E-state index in [0.717, 1.165) is 17.5 Å². The first-order chi connectivity index (χ1) is 10.7. The number of aryl methyl sites for hydroxylation is 1. The Balaban J connectivity index is 1.70. The van der Waals surface area contributed by atoms with Crippen molar-refractivity contribution in [2.75, 3.05) is 0 Å². The van der Waals surface area contributed by atoms with Crippen LogP contribution in [-0.4, -0.2) is 23.0 Å². The molecule has 0 radical (unpaired) electrons. The number of rotatable bonds is 5. The van der Waals surface area contributed by atoms with E-state index in [9.17, 15) is 9.59 Å². The molecule has 22 heavy (non-hydrogen) atoms. The van der Waals surface area contributed by atoms with Crippen LogP contribution < -0.4 is 0 Å². The van der Waals surface area contributed by atoms with Crippen LogP contribution in [0.2, 0.25) is 0 Å². The smallest absolute Gasteiger partial charge is 0.375 e. The summed E-state index contributed by atoms with van der Waals surface area (Å²) in [5.74, 6) is -0.447. The summed E-state index contributed by atoms with van der Waals surface area (Å²) in [6.07, 6.45) is 0.757. The number of ether oxygens (including phenoxy) is 1. The van der Waals surface area contributed by atoms with Gasteiger partial charge in [-0.05, 0) is 24.0 Å². The molecular formula is C18H17NO3. The number of nitrogens with zero attached hydrogens (tertiary/aromatic N) is 1. The van der Waals surface area contributed by atoms with Crippen molar-refractivity contribution in [3.8, 4) is 0 Å². The van der Waals surface area contributed by atoms with Crippen molar-refractivity contribution in [1.82, 2.24) is 4.90 Å². The predicted octanol–water partition coefficient (Wildman–Crippen LogP) is 3.17. The predicted molar refractivity (Wildman–Crippen MR) is 82.0 cm³/mol. The van der Waals surface area contributed by atoms with Crippen molar-refractivity contribution < 1.29 is 14.3 Å². The number of hydrogen-bond donors (Lipinski definition) is 0. The van der Waals surface area contributed by atoms with Crippen molar-refractivity contribution in [3.63, 3.8) is 0 Å². The summed E-state index contributed by atoms with van der Waals surface area (Å²) < 4.78 is 4.80. The fourth-order valence-electron chi connectivity index (χ4n) is 2.64. The van der Waals surface area contributed by atoms with E-state index in [-0.39, 0.29) is 0 Å². The van der Waals surface area contributed by atoms with E-state index in [1.165, 1.54) is 4.90 Å². The molecule has 4 nitrogen and oxygen atoms in total. The first kappa shape index (κ1) is 14.3. The molecular weight excluding hydrogens is 278 g/mol. The Morgan fingerprint density at radius 3 is 2.09 bits per heavy atom. The van der Waals surface area contributed by atoms with E-state index in [4.69, 9.17) is 4.74 Å². The first-order valence-electron chi connectivity index (χ1n) is 7.34. The molecule has 112 valence electrons. The Hall–Kier alpha value is -2.62. The quantitative estimate of drug-likeness (QED) is 0.629. The Morgan fingerprint density at radius 1 is 0.864 bits per heavy atom. The van der Waals surface area contributed by atoms with E-state index in [1.807, 2.05) is 60.7 Å². The van der Waals surface area contributed by atoms with Crippen LogP contribution in [0.5, 0.6) is 0 Å². The molecule has 0 aromatic heterocycles. The standard InChI is InChI=1S/C18H17NO3/c20-17-16(12-11-14-7-3-1-4-8-14)19(18(21)22-17)13-15-9-5-2-6-10-15/h1-10,16H,11-13H2. The van der Waals surface area contributed by atoms with Crippen LogP contribution in [0.1, 0.15) is 17.5 Å². The molecule has 2 aromatic rings. The van der Waals surface area contributed by atoms with Gasteiger partial charge in [0, 0.05) is 6.54 Å². The summed E-state index contributed by atoms with van der Waals surface area (Å²) in [6, 6.07) is 19.0. The minimum Gasteiger partial charge on any atom is -0.375 e. The average Bonchev–Trinajstić information content (AvgIpc) is 2.81. The molecule has 0 spiro atoms. The zero-order chi connectivity index (χ0) is 15.4. The molecule has 2 aromatic carbocycles. The summed E-state index contributed by atoms with van der Waals surface area (Å²) in [7, 11) is 0. The highest BCUT2D eigenvalue weighted by Gasteiger charge is 2.40. The van der Waals surface area contributed by atoms with Crippen LogP contribution in [-0.2, 0) is 22.5 Å². The van der Waals surface area contributed by atoms with Gasteiger partial charge in [0.1, 0.15) is 6.04 Å². The van der Waals surface area contributed by atoms with Crippen LogP contribution in [0.3, 0.4) is 0 Å². The lowest BCUT2D eigenvalue weighted by Gasteiger charge is -2.20. The van der Waals surface area contributed by atoms with Crippen LogP contribution >= 0.6 is 0 Å². The summed E-state index contributed by atoms with van der Waals surface area (Å²) >= 11 is 0. The third-order valence-electron chi connectivity index (χ3n) is 3.82. The second-order valence-electron chi connectivity index (χ2n) is 5.34. The Morgan fingerprint density at radius 2 is 1.45 bits per heavy atom. The molecule has 1 aliphatic heterocycles. The lowest BCUT2D eigenvalue weighted by atomic mass is 10.0. The van der Waals surface area contributed by atoms with Gasteiger partial charge in [0.15, 0.2) is 0 Å². The fraction of sp³-hybridized carbons (Fsp3) is 0.222. The van der Waals surface area contributed by atoms with Crippen LogP contribution in [0.25, 0.3) is 0 Å². The van der Waals surface area contributed by atoms with Crippen LogP contribution in [0.15, 0.2) is 60.7 Å². The lowest BCUT2D eigenvalue weighted by Crippen LogP contribution is -2.34. The fourth-order valence-corrected chi connectivity index (χ4v) is 2.64. The summed E-state index contributed by atoms with van der Waals surface area (Å²) in [4.78, 5) is 25.3. The van der Waals surface area contributed by atoms with Crippen LogP contribution in [0.4, 0.5) is 4.79 Å². The van der Waals surface area contributed by atoms with Crippen molar-refractivity contribution in [3.05, 3.63) is 71.8 Å². The highest BCUT2D eigenvalue weighted by Crippen LogP contribution is 2.21. The molecule has 0 saturated carbocycles. The number of amides is 1. The van der Waals surface area contributed by atoms with Crippen molar-refractivity contribution in [2.45, 2.75) is 25.4 Å². The van der Waals surface area contributed by atoms with Gasteiger partial charge in [-0.3, -0.25) is 4.90 Å². The van der Waals surface area contributed by atoms with Gasteiger partial charge in [0.2, 0.25) is 0 Å². The second kappa shape index (κ2) is 6.43. The summed E-state index contributed by atoms with van der Waals surface area (Å²) in [5.41, 5.74) is 2.13. The summed E-state index contributed by atoms with van der Waals surface area (Å²) in [5, 5.41) is 0. The number of benzene rings is 2. The number of cyclic esters (lactones) is 2. The number of hydrogen-bond acceptors (Lipinski definition) is 3. The highest BCUT2D eigenvalue weighted by atomic mass is 16.6. The van der Waals surface area contributed by atoms with E-state index >= 15 is 0 Å². The van der Waals surface area contributed by atoms with Gasteiger partial charge in [0.25, 0.3) is 0 Å². The topological polar surface area (TPSA) is 46.6 Å². The molecule has 1 atom stereocenters. The van der Waals surface area contributed by atoms with Gasteiger partial charge < -0.3 is 4.74 Å². The monoisotopic (exact) mass is 295 g/mol. The Labute approximate surface area is 129 Å². The molecule has 0 bridgehead atoms. The number of esters is 1. The van der Waals surface area contributed by atoms with Gasteiger partial charge in [-0.1, -0.05) is 60.7 Å². The maximum Gasteiger partial charge on any atom is 0.418 e. The molecule has 3 rings (SSSR count). The molecule has 1 fully saturated rings. The molecule has 4 heteroatoms. The van der Waals surface area contributed by atoms with E-state index in [2.05, 4.69) is 0 Å². The molecule has 1 aliphatic rings. The van der Waals surface area contributed by atoms with Crippen molar-refractivity contribution >= 4 is 12.1 Å². The normalized spacial score (nSPS) is 17.6. The van der Waals surface area contributed by atoms with Gasteiger partial charge in [-0.25, -0.2) is 9.59 Å². The molecule has 1 amide bonds. The molecule has 0 aliphatic carbocycles. The minimum atomic E-state index is -0.549. The molecule has 0 N–H and O–H groups in total. The SMILES string of the molecule is O=C1OC(=O)N(Cc2ccccc2)C1CCc1ccccc1. The molecule has 1 heterocycles. The largest absolute Gasteiger partial charge is 0.418 e. The maximum atomic E-state index is 11.9. The zero-order valence-corrected chi connectivity index (χ0v) is 12.1. The van der Waals surface area contributed by atoms with Gasteiger partial charge in [0.05, 0.1) is 0 Å². The third-order valence-corrected chi connectivity index (χ3v) is 3.82. The molecule has 1 unspecified atom stereocenters. The summed E-state index contributed by atoms with van der Waals surface area (Å²) in [6.45, 7) is 0.394. The van der Waals surface area contributed by atoms with E-state index < -0.39 is 18.1 Å². The van der Waals surface area contributed by atoms with E-state index in [1.54, 1.807) is 0 Å². The van der Waals surface area contributed by atoms with Crippen molar-refractivity contribution in [2.24, 2.45) is 0 Å². The first-order valence-corrected chi connectivity index (χ1v) is 7.34. The Kier molecular flexibility index (Phi) is 4.19. The maximum absolute atomic E-state index is 11.9. The lowest BCUT2D eigenvalue weighted by molar-refractivity contribution is -0.136. The highest BCUT2D eigenvalue weighted by molar-refractivity contribution is 5.95. The zero-order valence-electron chi connectivity index (χ0n) is 12.1. The number of carbonyl (C=O) groups is 2. The Bertz CT molecular complexity index is 655. The average molecular weight is 295 g/mol. The van der Waals surface area contributed by atoms with Crippen LogP contribution in [0, 0.1) is 0 Å². The minimum absolute atomic E-state index is 0.394. The van der Waals surface area contributed by atoms with Gasteiger partial charge in [-0.2, -0.15) is 0 Å². The van der Waals surface area contributed by atoms with Crippen molar-refractivity contribution in [1.29, 1.82) is 0 Å². The van der Waals surface area contributed by atoms with Gasteiger partial charge in [-0.15, -0.1) is 0 Å². The number of carbonyl (C=O) groups excluding carboxylic acids is 2.